The lowest BCUT2D eigenvalue weighted by molar-refractivity contribution is 0.0953. The molecular formula is C12H10Cl2N4O. The molecule has 0 atom stereocenters. The van der Waals surface area contributed by atoms with Gasteiger partial charge in [0.25, 0.3) is 5.91 Å². The van der Waals surface area contributed by atoms with E-state index in [2.05, 4.69) is 10.3 Å². The van der Waals surface area contributed by atoms with Crippen LogP contribution in [0.4, 0.5) is 11.5 Å². The van der Waals surface area contributed by atoms with Crippen LogP contribution in [0.3, 0.4) is 0 Å². The van der Waals surface area contributed by atoms with Crippen molar-refractivity contribution in [1.82, 2.24) is 10.4 Å². The molecule has 19 heavy (non-hydrogen) atoms. The van der Waals surface area contributed by atoms with Crippen molar-refractivity contribution in [2.24, 2.45) is 5.84 Å². The molecular weight excluding hydrogens is 287 g/mol. The summed E-state index contributed by atoms with van der Waals surface area (Å²) in [6, 6.07) is 8.55. The first-order valence-electron chi connectivity index (χ1n) is 5.29. The zero-order valence-electron chi connectivity index (χ0n) is 9.65. The van der Waals surface area contributed by atoms with Gasteiger partial charge in [-0.2, -0.15) is 0 Å². The van der Waals surface area contributed by atoms with Gasteiger partial charge in [0.15, 0.2) is 0 Å². The number of nitrogens with one attached hydrogen (secondary N) is 2. The molecule has 0 fully saturated rings. The molecule has 1 heterocycles. The Labute approximate surface area is 119 Å². The van der Waals surface area contributed by atoms with Crippen LogP contribution in [0.15, 0.2) is 36.5 Å². The highest BCUT2D eigenvalue weighted by molar-refractivity contribution is 6.33. The van der Waals surface area contributed by atoms with Crippen molar-refractivity contribution in [3.05, 3.63) is 52.1 Å². The van der Waals surface area contributed by atoms with Gasteiger partial charge in [-0.05, 0) is 30.3 Å². The highest BCUT2D eigenvalue weighted by atomic mass is 35.5. The molecule has 0 aliphatic carbocycles. The maximum Gasteiger partial charge on any atom is 0.266 e. The minimum atomic E-state index is -0.451. The van der Waals surface area contributed by atoms with Crippen molar-refractivity contribution in [2.45, 2.75) is 0 Å². The minimum Gasteiger partial charge on any atom is -0.339 e. The standard InChI is InChI=1S/C12H10Cl2N4O/c13-8-1-3-9(4-2-8)17-11-10(14)5-7(6-16-11)12(19)18-15/h1-6H,15H2,(H,16,17)(H,18,19). The first-order chi connectivity index (χ1) is 9.10. The van der Waals surface area contributed by atoms with E-state index in [4.69, 9.17) is 29.0 Å². The second-order valence-electron chi connectivity index (χ2n) is 3.66. The third-order valence-corrected chi connectivity index (χ3v) is 2.88. The maximum absolute atomic E-state index is 11.3. The van der Waals surface area contributed by atoms with E-state index < -0.39 is 5.91 Å². The van der Waals surface area contributed by atoms with Crippen molar-refractivity contribution in [2.75, 3.05) is 5.32 Å². The molecule has 0 aliphatic heterocycles. The number of amides is 1. The molecule has 1 aromatic heterocycles. The van der Waals surface area contributed by atoms with E-state index in [1.807, 2.05) is 5.43 Å². The molecule has 0 saturated heterocycles. The first kappa shape index (κ1) is 13.6. The molecule has 1 amide bonds. The van der Waals surface area contributed by atoms with E-state index >= 15 is 0 Å². The van der Waals surface area contributed by atoms with E-state index in [0.717, 1.165) is 5.69 Å². The van der Waals surface area contributed by atoms with E-state index in [0.29, 0.717) is 15.9 Å². The van der Waals surface area contributed by atoms with Crippen LogP contribution in [-0.2, 0) is 0 Å². The van der Waals surface area contributed by atoms with E-state index in [1.54, 1.807) is 24.3 Å². The highest BCUT2D eigenvalue weighted by Gasteiger charge is 2.09. The number of carbonyl (C=O) groups excluding carboxylic acids is 1. The molecule has 0 spiro atoms. The lowest BCUT2D eigenvalue weighted by atomic mass is 10.2. The quantitative estimate of drug-likeness (QED) is 0.462. The minimum absolute atomic E-state index is 0.286. The second-order valence-corrected chi connectivity index (χ2v) is 4.50. The van der Waals surface area contributed by atoms with Gasteiger partial charge in [0.1, 0.15) is 5.82 Å². The van der Waals surface area contributed by atoms with Gasteiger partial charge in [0, 0.05) is 16.9 Å². The number of pyridine rings is 1. The zero-order chi connectivity index (χ0) is 13.8. The molecule has 0 aliphatic rings. The van der Waals surface area contributed by atoms with Gasteiger partial charge in [0.05, 0.1) is 10.6 Å². The lowest BCUT2D eigenvalue weighted by Crippen LogP contribution is -2.30. The Hall–Kier alpha value is -1.82. The van der Waals surface area contributed by atoms with Crippen LogP contribution in [-0.4, -0.2) is 10.9 Å². The topological polar surface area (TPSA) is 80.0 Å². The summed E-state index contributed by atoms with van der Waals surface area (Å²) in [6.45, 7) is 0. The van der Waals surface area contributed by atoms with E-state index in [9.17, 15) is 4.79 Å². The van der Waals surface area contributed by atoms with Gasteiger partial charge >= 0.3 is 0 Å². The molecule has 4 N–H and O–H groups in total. The summed E-state index contributed by atoms with van der Waals surface area (Å²) in [4.78, 5) is 15.4. The first-order valence-corrected chi connectivity index (χ1v) is 6.05. The maximum atomic E-state index is 11.3. The summed E-state index contributed by atoms with van der Waals surface area (Å²) in [7, 11) is 0. The third-order valence-electron chi connectivity index (χ3n) is 2.34. The molecule has 2 rings (SSSR count). The number of nitrogens with two attached hydrogens (primary N) is 1. The summed E-state index contributed by atoms with van der Waals surface area (Å²) < 4.78 is 0. The average molecular weight is 297 g/mol. The Balaban J connectivity index is 2.22. The molecule has 7 heteroatoms. The Morgan fingerprint density at radius 2 is 1.89 bits per heavy atom. The summed E-state index contributed by atoms with van der Waals surface area (Å²) in [5.74, 6) is 5.02. The Bertz CT molecular complexity index is 601. The fourth-order valence-electron chi connectivity index (χ4n) is 1.41. The monoisotopic (exact) mass is 296 g/mol. The number of hydrazine groups is 1. The summed E-state index contributed by atoms with van der Waals surface area (Å²) in [6.07, 6.45) is 1.38. The van der Waals surface area contributed by atoms with Crippen LogP contribution in [0, 0.1) is 0 Å². The van der Waals surface area contributed by atoms with Gasteiger partial charge in [-0.25, -0.2) is 10.8 Å². The van der Waals surface area contributed by atoms with Crippen molar-refractivity contribution in [3.63, 3.8) is 0 Å². The molecule has 5 nitrogen and oxygen atoms in total. The largest absolute Gasteiger partial charge is 0.339 e. The molecule has 2 aromatic rings. The number of anilines is 2. The van der Waals surface area contributed by atoms with Crippen LogP contribution < -0.4 is 16.6 Å². The average Bonchev–Trinajstić information content (AvgIpc) is 2.42. The number of aromatic nitrogens is 1. The van der Waals surface area contributed by atoms with E-state index in [1.165, 1.54) is 12.3 Å². The number of hydrogen-bond donors (Lipinski definition) is 3. The van der Waals surface area contributed by atoms with Gasteiger partial charge in [-0.3, -0.25) is 10.2 Å². The molecule has 0 bridgehead atoms. The SMILES string of the molecule is NNC(=O)c1cnc(Nc2ccc(Cl)cc2)c(Cl)c1. The van der Waals surface area contributed by atoms with Crippen LogP contribution >= 0.6 is 23.2 Å². The summed E-state index contributed by atoms with van der Waals surface area (Å²) >= 11 is 11.8. The Morgan fingerprint density at radius 3 is 2.47 bits per heavy atom. The Kier molecular flexibility index (Phi) is 4.21. The second kappa shape index (κ2) is 5.88. The zero-order valence-corrected chi connectivity index (χ0v) is 11.2. The normalized spacial score (nSPS) is 10.1. The van der Waals surface area contributed by atoms with Gasteiger partial charge in [-0.1, -0.05) is 23.2 Å². The molecule has 98 valence electrons. The number of benzene rings is 1. The number of nitrogen functional groups attached to an aromatic ring is 1. The van der Waals surface area contributed by atoms with Crippen molar-refractivity contribution < 1.29 is 4.79 Å². The fourth-order valence-corrected chi connectivity index (χ4v) is 1.75. The van der Waals surface area contributed by atoms with Crippen molar-refractivity contribution in [1.29, 1.82) is 0 Å². The van der Waals surface area contributed by atoms with Crippen molar-refractivity contribution in [3.8, 4) is 0 Å². The lowest BCUT2D eigenvalue weighted by Gasteiger charge is -2.08. The smallest absolute Gasteiger partial charge is 0.266 e. The highest BCUT2D eigenvalue weighted by Crippen LogP contribution is 2.24. The van der Waals surface area contributed by atoms with Crippen molar-refractivity contribution >= 4 is 40.6 Å². The molecule has 1 aromatic carbocycles. The number of nitrogens with zero attached hydrogens (tertiary/aromatic N) is 1. The molecule has 0 radical (unpaired) electrons. The predicted molar refractivity (Wildman–Crippen MR) is 75.6 cm³/mol. The summed E-state index contributed by atoms with van der Waals surface area (Å²) in [5, 5.41) is 3.97. The van der Waals surface area contributed by atoms with Gasteiger partial charge in [-0.15, -0.1) is 0 Å². The third kappa shape index (κ3) is 3.35. The van der Waals surface area contributed by atoms with E-state index in [-0.39, 0.29) is 5.56 Å². The predicted octanol–water partition coefficient (Wildman–Crippen LogP) is 2.74. The molecule has 0 saturated carbocycles. The Morgan fingerprint density at radius 1 is 1.21 bits per heavy atom. The number of rotatable bonds is 3. The van der Waals surface area contributed by atoms with Gasteiger partial charge < -0.3 is 5.32 Å². The number of hydrogen-bond acceptors (Lipinski definition) is 4. The number of carbonyl (C=O) groups is 1. The van der Waals surface area contributed by atoms with Crippen LogP contribution in [0.5, 0.6) is 0 Å². The number of halogens is 2. The fraction of sp³-hybridized carbons (Fsp3) is 0. The summed E-state index contributed by atoms with van der Waals surface area (Å²) in [5.41, 5.74) is 3.08. The van der Waals surface area contributed by atoms with Crippen LogP contribution in [0.2, 0.25) is 10.0 Å². The van der Waals surface area contributed by atoms with Gasteiger partial charge in [0.2, 0.25) is 0 Å². The van der Waals surface area contributed by atoms with Crippen LogP contribution in [0.1, 0.15) is 10.4 Å². The van der Waals surface area contributed by atoms with Crippen LogP contribution in [0.25, 0.3) is 0 Å². The molecule has 0 unspecified atom stereocenters.